The molecule has 0 aliphatic rings. The van der Waals surface area contributed by atoms with Gasteiger partial charge in [-0.3, -0.25) is 0 Å². The van der Waals surface area contributed by atoms with E-state index in [0.717, 1.165) is 40.8 Å². The molecule has 0 radical (unpaired) electrons. The summed E-state index contributed by atoms with van der Waals surface area (Å²) < 4.78 is 7.97. The molecule has 0 aliphatic carbocycles. The summed E-state index contributed by atoms with van der Waals surface area (Å²) in [5.74, 6) is 1.79. The van der Waals surface area contributed by atoms with E-state index in [1.165, 1.54) is 5.39 Å². The molecule has 0 saturated carbocycles. The van der Waals surface area contributed by atoms with Gasteiger partial charge < -0.3 is 14.4 Å². The third-order valence-electron chi connectivity index (χ3n) is 4.76. The van der Waals surface area contributed by atoms with E-state index in [1.807, 2.05) is 48.5 Å². The number of ether oxygens (including phenoxy) is 1. The lowest BCUT2D eigenvalue weighted by atomic mass is 10.1. The fourth-order valence-electron chi connectivity index (χ4n) is 3.46. The summed E-state index contributed by atoms with van der Waals surface area (Å²) in [6.45, 7) is 2.86. The van der Waals surface area contributed by atoms with E-state index in [2.05, 4.69) is 29.7 Å². The predicted octanol–water partition coefficient (Wildman–Crippen LogP) is 4.58. The molecule has 1 atom stereocenters. The average molecular weight is 360 g/mol. The lowest BCUT2D eigenvalue weighted by Gasteiger charge is -2.16. The van der Waals surface area contributed by atoms with Crippen molar-refractivity contribution in [2.45, 2.75) is 32.4 Å². The molecule has 4 heteroatoms. The third kappa shape index (κ3) is 3.81. The Hall–Kier alpha value is -2.85. The van der Waals surface area contributed by atoms with Gasteiger partial charge in [-0.2, -0.15) is 0 Å². The molecule has 3 aromatic carbocycles. The Labute approximate surface area is 159 Å². The van der Waals surface area contributed by atoms with Crippen LogP contribution in [0, 0.1) is 0 Å². The molecular weight excluding hydrogens is 336 g/mol. The zero-order valence-corrected chi connectivity index (χ0v) is 15.5. The van der Waals surface area contributed by atoms with Crippen molar-refractivity contribution in [3.63, 3.8) is 0 Å². The number of rotatable bonds is 7. The predicted molar refractivity (Wildman–Crippen MR) is 109 cm³/mol. The minimum atomic E-state index is -0.607. The van der Waals surface area contributed by atoms with E-state index in [4.69, 9.17) is 9.72 Å². The number of fused-ring (bicyclic) bond motifs is 2. The summed E-state index contributed by atoms with van der Waals surface area (Å²) >= 11 is 0. The van der Waals surface area contributed by atoms with Gasteiger partial charge in [0.2, 0.25) is 0 Å². The molecule has 0 spiro atoms. The first-order chi connectivity index (χ1) is 13.2. The number of aryl methyl sites for hydroxylation is 1. The van der Waals surface area contributed by atoms with Gasteiger partial charge in [0.1, 0.15) is 24.3 Å². The van der Waals surface area contributed by atoms with Crippen LogP contribution in [0.15, 0.2) is 66.7 Å². The van der Waals surface area contributed by atoms with E-state index < -0.39 is 6.10 Å². The number of hydrogen-bond donors (Lipinski definition) is 1. The summed E-state index contributed by atoms with van der Waals surface area (Å²) in [7, 11) is 0. The van der Waals surface area contributed by atoms with Gasteiger partial charge in [0, 0.05) is 6.42 Å². The van der Waals surface area contributed by atoms with Crippen molar-refractivity contribution in [3.8, 4) is 5.75 Å². The highest BCUT2D eigenvalue weighted by Gasteiger charge is 2.14. The normalized spacial score (nSPS) is 12.5. The number of hydrogen-bond acceptors (Lipinski definition) is 3. The van der Waals surface area contributed by atoms with Gasteiger partial charge in [0.15, 0.2) is 0 Å². The van der Waals surface area contributed by atoms with Crippen molar-refractivity contribution in [3.05, 3.63) is 72.6 Å². The Morgan fingerprint density at radius 3 is 2.63 bits per heavy atom. The maximum Gasteiger partial charge on any atom is 0.120 e. The van der Waals surface area contributed by atoms with Gasteiger partial charge in [0.25, 0.3) is 0 Å². The maximum absolute atomic E-state index is 10.6. The quantitative estimate of drug-likeness (QED) is 0.525. The molecule has 138 valence electrons. The van der Waals surface area contributed by atoms with Gasteiger partial charge in [0.05, 0.1) is 17.6 Å². The lowest BCUT2D eigenvalue weighted by molar-refractivity contribution is 0.0928. The second-order valence-corrected chi connectivity index (χ2v) is 6.85. The van der Waals surface area contributed by atoms with Crippen LogP contribution >= 0.6 is 0 Å². The van der Waals surface area contributed by atoms with E-state index in [-0.39, 0.29) is 6.61 Å². The molecule has 4 nitrogen and oxygen atoms in total. The summed E-state index contributed by atoms with van der Waals surface area (Å²) in [5, 5.41) is 12.9. The summed E-state index contributed by atoms with van der Waals surface area (Å²) in [4.78, 5) is 4.72. The Morgan fingerprint density at radius 1 is 1.00 bits per heavy atom. The smallest absolute Gasteiger partial charge is 0.120 e. The molecule has 27 heavy (non-hydrogen) atoms. The highest BCUT2D eigenvalue weighted by atomic mass is 16.5. The number of aliphatic hydroxyl groups excluding tert-OH is 1. The third-order valence-corrected chi connectivity index (χ3v) is 4.76. The minimum Gasteiger partial charge on any atom is -0.491 e. The summed E-state index contributed by atoms with van der Waals surface area (Å²) in [6, 6.07) is 22.3. The molecule has 1 aromatic heterocycles. The number of para-hydroxylation sites is 2. The number of benzene rings is 3. The highest BCUT2D eigenvalue weighted by Crippen LogP contribution is 2.21. The first-order valence-corrected chi connectivity index (χ1v) is 9.48. The highest BCUT2D eigenvalue weighted by molar-refractivity contribution is 5.83. The van der Waals surface area contributed by atoms with Crippen LogP contribution in [0.1, 0.15) is 19.2 Å². The van der Waals surface area contributed by atoms with Crippen molar-refractivity contribution in [1.29, 1.82) is 0 Å². The van der Waals surface area contributed by atoms with Gasteiger partial charge in [-0.05, 0) is 41.5 Å². The van der Waals surface area contributed by atoms with Crippen molar-refractivity contribution < 1.29 is 9.84 Å². The van der Waals surface area contributed by atoms with Gasteiger partial charge in [-0.1, -0.05) is 49.4 Å². The van der Waals surface area contributed by atoms with Gasteiger partial charge in [-0.15, -0.1) is 0 Å². The number of aliphatic hydroxyl groups is 1. The molecule has 0 amide bonds. The van der Waals surface area contributed by atoms with Gasteiger partial charge in [-0.25, -0.2) is 4.98 Å². The monoisotopic (exact) mass is 360 g/mol. The van der Waals surface area contributed by atoms with Crippen LogP contribution < -0.4 is 4.74 Å². The largest absolute Gasteiger partial charge is 0.491 e. The van der Waals surface area contributed by atoms with E-state index in [1.54, 1.807) is 0 Å². The first kappa shape index (κ1) is 17.6. The van der Waals surface area contributed by atoms with Crippen LogP contribution in [-0.4, -0.2) is 27.4 Å². The number of aromatic nitrogens is 2. The van der Waals surface area contributed by atoms with Crippen LogP contribution in [-0.2, 0) is 13.0 Å². The Kier molecular flexibility index (Phi) is 5.07. The molecule has 4 rings (SSSR count). The Balaban J connectivity index is 1.48. The second kappa shape index (κ2) is 7.80. The molecule has 1 unspecified atom stereocenters. The molecule has 0 aliphatic heterocycles. The molecule has 0 bridgehead atoms. The van der Waals surface area contributed by atoms with E-state index >= 15 is 0 Å². The zero-order chi connectivity index (χ0) is 18.6. The molecule has 4 aromatic rings. The molecular formula is C23H24N2O2. The number of nitrogens with zero attached hydrogens (tertiary/aromatic N) is 2. The molecule has 0 fully saturated rings. The van der Waals surface area contributed by atoms with Crippen molar-refractivity contribution >= 4 is 21.8 Å². The van der Waals surface area contributed by atoms with Crippen molar-refractivity contribution in [1.82, 2.24) is 9.55 Å². The van der Waals surface area contributed by atoms with Crippen LogP contribution in [0.4, 0.5) is 0 Å². The summed E-state index contributed by atoms with van der Waals surface area (Å²) in [5.41, 5.74) is 2.04. The maximum atomic E-state index is 10.6. The van der Waals surface area contributed by atoms with Crippen molar-refractivity contribution in [2.75, 3.05) is 6.61 Å². The Bertz CT molecular complexity index is 1050. The Morgan fingerprint density at radius 2 is 1.78 bits per heavy atom. The topological polar surface area (TPSA) is 47.3 Å². The SMILES string of the molecule is CCCc1nc2ccccc2n1CC(O)COc1ccc2ccccc2c1. The molecule has 0 saturated heterocycles. The van der Waals surface area contributed by atoms with Crippen LogP contribution in [0.3, 0.4) is 0 Å². The number of imidazole rings is 1. The summed E-state index contributed by atoms with van der Waals surface area (Å²) in [6.07, 6.45) is 1.31. The first-order valence-electron chi connectivity index (χ1n) is 9.48. The minimum absolute atomic E-state index is 0.246. The fraction of sp³-hybridized carbons (Fsp3) is 0.261. The van der Waals surface area contributed by atoms with E-state index in [0.29, 0.717) is 6.54 Å². The van der Waals surface area contributed by atoms with E-state index in [9.17, 15) is 5.11 Å². The fourth-order valence-corrected chi connectivity index (χ4v) is 3.46. The molecule has 1 N–H and O–H groups in total. The molecule has 1 heterocycles. The van der Waals surface area contributed by atoms with Gasteiger partial charge >= 0.3 is 0 Å². The lowest BCUT2D eigenvalue weighted by Crippen LogP contribution is -2.24. The van der Waals surface area contributed by atoms with Crippen LogP contribution in [0.25, 0.3) is 21.8 Å². The average Bonchev–Trinajstić information content (AvgIpc) is 3.04. The van der Waals surface area contributed by atoms with Crippen LogP contribution in [0.2, 0.25) is 0 Å². The second-order valence-electron chi connectivity index (χ2n) is 6.85. The van der Waals surface area contributed by atoms with Crippen molar-refractivity contribution in [2.24, 2.45) is 0 Å². The standard InChI is InChI=1S/C23H24N2O2/c1-2-7-23-24-21-10-5-6-11-22(21)25(23)15-19(26)16-27-20-13-12-17-8-3-4-9-18(17)14-20/h3-6,8-14,19,26H,2,7,15-16H2,1H3. The van der Waals surface area contributed by atoms with Crippen LogP contribution in [0.5, 0.6) is 5.75 Å². The zero-order valence-electron chi connectivity index (χ0n) is 15.5.